The maximum atomic E-state index is 13.2. The van der Waals surface area contributed by atoms with Crippen molar-refractivity contribution in [3.63, 3.8) is 0 Å². The maximum absolute atomic E-state index is 13.2. The lowest BCUT2D eigenvalue weighted by Gasteiger charge is -2.24. The van der Waals surface area contributed by atoms with E-state index in [-0.39, 0.29) is 31.3 Å². The van der Waals surface area contributed by atoms with Gasteiger partial charge in [-0.3, -0.25) is 9.59 Å². The summed E-state index contributed by atoms with van der Waals surface area (Å²) in [6.45, 7) is 6.24. The van der Waals surface area contributed by atoms with E-state index in [1.165, 1.54) is 77.0 Å². The van der Waals surface area contributed by atoms with Gasteiger partial charge in [0.2, 0.25) is 5.91 Å². The summed E-state index contributed by atoms with van der Waals surface area (Å²) in [6.07, 6.45) is 73.0. The topological polar surface area (TPSA) is 95.9 Å². The second kappa shape index (κ2) is 53.5. The van der Waals surface area contributed by atoms with E-state index < -0.39 is 18.2 Å². The van der Waals surface area contributed by atoms with Crippen molar-refractivity contribution in [2.24, 2.45) is 0 Å². The Morgan fingerprint density at radius 3 is 1.22 bits per heavy atom. The van der Waals surface area contributed by atoms with E-state index in [2.05, 4.69) is 129 Å². The van der Waals surface area contributed by atoms with Crippen molar-refractivity contribution >= 4 is 11.9 Å². The predicted molar refractivity (Wildman–Crippen MR) is 291 cm³/mol. The number of aliphatic hydroxyl groups excluding tert-OH is 2. The van der Waals surface area contributed by atoms with Gasteiger partial charge in [0.25, 0.3) is 0 Å². The number of amides is 1. The number of hydrogen-bond donors (Lipinski definition) is 3. The Kier molecular flexibility index (Phi) is 50.7. The van der Waals surface area contributed by atoms with Crippen molar-refractivity contribution in [1.82, 2.24) is 5.32 Å². The van der Waals surface area contributed by atoms with Crippen LogP contribution in [0.1, 0.15) is 239 Å². The second-order valence-electron chi connectivity index (χ2n) is 18.2. The maximum Gasteiger partial charge on any atom is 0.306 e. The summed E-state index contributed by atoms with van der Waals surface area (Å²) in [7, 11) is 0. The van der Waals surface area contributed by atoms with Crippen molar-refractivity contribution < 1.29 is 24.5 Å². The molecule has 0 spiro atoms. The molecular formula is C61H103NO5. The number of unbranched alkanes of at least 4 members (excludes halogenated alkanes) is 18. The zero-order valence-electron chi connectivity index (χ0n) is 43.5. The third-order valence-electron chi connectivity index (χ3n) is 11.9. The van der Waals surface area contributed by atoms with Crippen molar-refractivity contribution in [3.05, 3.63) is 109 Å². The van der Waals surface area contributed by atoms with E-state index in [0.29, 0.717) is 19.3 Å². The van der Waals surface area contributed by atoms with Crippen LogP contribution >= 0.6 is 0 Å². The highest BCUT2D eigenvalue weighted by Gasteiger charge is 2.24. The molecule has 0 saturated carbocycles. The third kappa shape index (κ3) is 48.8. The zero-order valence-corrected chi connectivity index (χ0v) is 43.5. The van der Waals surface area contributed by atoms with Gasteiger partial charge in [-0.25, -0.2) is 0 Å². The Labute approximate surface area is 413 Å². The number of aliphatic hydroxyl groups is 2. The molecule has 67 heavy (non-hydrogen) atoms. The average Bonchev–Trinajstić information content (AvgIpc) is 3.32. The first-order chi connectivity index (χ1) is 33.0. The lowest BCUT2D eigenvalue weighted by Crippen LogP contribution is -2.46. The summed E-state index contributed by atoms with van der Waals surface area (Å²) < 4.78 is 5.90. The summed E-state index contributed by atoms with van der Waals surface area (Å²) in [5, 5.41) is 23.8. The smallest absolute Gasteiger partial charge is 0.306 e. The number of carbonyl (C=O) groups excluding carboxylic acids is 2. The first kappa shape index (κ1) is 63.5. The molecule has 0 aromatic heterocycles. The predicted octanol–water partition coefficient (Wildman–Crippen LogP) is 17.1. The molecule has 0 aliphatic rings. The van der Waals surface area contributed by atoms with Gasteiger partial charge in [-0.15, -0.1) is 0 Å². The van der Waals surface area contributed by atoms with Crippen LogP contribution in [0, 0.1) is 0 Å². The van der Waals surface area contributed by atoms with E-state index in [1.54, 1.807) is 0 Å². The lowest BCUT2D eigenvalue weighted by atomic mass is 10.0. The summed E-state index contributed by atoms with van der Waals surface area (Å²) in [6, 6.07) is -0.731. The number of ether oxygens (including phenoxy) is 1. The molecule has 0 aromatic rings. The molecular weight excluding hydrogens is 827 g/mol. The molecule has 0 aromatic carbocycles. The van der Waals surface area contributed by atoms with Crippen LogP contribution in [0.3, 0.4) is 0 Å². The molecule has 0 rings (SSSR count). The zero-order chi connectivity index (χ0) is 48.8. The largest absolute Gasteiger partial charge is 0.462 e. The minimum absolute atomic E-state index is 0.0261. The fraction of sp³-hybridized carbons (Fsp3) is 0.672. The Hall–Kier alpha value is -3.48. The first-order valence-corrected chi connectivity index (χ1v) is 27.6. The Morgan fingerprint density at radius 2 is 0.806 bits per heavy atom. The summed E-state index contributed by atoms with van der Waals surface area (Å²) >= 11 is 0. The van der Waals surface area contributed by atoms with Crippen LogP contribution in [0.15, 0.2) is 109 Å². The Bertz CT molecular complexity index is 1370. The van der Waals surface area contributed by atoms with Crippen molar-refractivity contribution in [1.29, 1.82) is 0 Å². The van der Waals surface area contributed by atoms with Crippen LogP contribution in [-0.4, -0.2) is 46.9 Å². The van der Waals surface area contributed by atoms with Crippen LogP contribution in [0.2, 0.25) is 0 Å². The minimum atomic E-state index is -0.814. The van der Waals surface area contributed by atoms with E-state index >= 15 is 0 Å². The highest BCUT2D eigenvalue weighted by molar-refractivity contribution is 5.77. The summed E-state index contributed by atoms with van der Waals surface area (Å²) in [5.74, 6) is -0.602. The number of carbonyl (C=O) groups is 2. The van der Waals surface area contributed by atoms with Gasteiger partial charge >= 0.3 is 5.97 Å². The highest BCUT2D eigenvalue weighted by atomic mass is 16.5. The van der Waals surface area contributed by atoms with Gasteiger partial charge in [0.05, 0.1) is 25.2 Å². The van der Waals surface area contributed by atoms with Crippen molar-refractivity contribution in [2.45, 2.75) is 257 Å². The molecule has 3 unspecified atom stereocenters. The first-order valence-electron chi connectivity index (χ1n) is 27.6. The Balaban J connectivity index is 4.72. The molecule has 0 saturated heterocycles. The monoisotopic (exact) mass is 930 g/mol. The number of hydrogen-bond acceptors (Lipinski definition) is 5. The van der Waals surface area contributed by atoms with E-state index in [1.807, 2.05) is 6.08 Å². The van der Waals surface area contributed by atoms with Gasteiger partial charge < -0.3 is 20.3 Å². The summed E-state index contributed by atoms with van der Waals surface area (Å²) in [5.41, 5.74) is 0. The van der Waals surface area contributed by atoms with Gasteiger partial charge in [-0.1, -0.05) is 239 Å². The Morgan fingerprint density at radius 1 is 0.448 bits per heavy atom. The molecule has 3 N–H and O–H groups in total. The molecule has 3 atom stereocenters. The minimum Gasteiger partial charge on any atom is -0.462 e. The van der Waals surface area contributed by atoms with Crippen LogP contribution in [-0.2, 0) is 14.3 Å². The molecule has 382 valence electrons. The molecule has 6 nitrogen and oxygen atoms in total. The number of esters is 1. The standard InChI is InChI=1S/C61H103NO5/c1-4-7-10-13-16-19-22-25-28-29-30-31-33-36-39-42-45-48-51-54-61(66)67-57(52-49-46-43-40-37-34-27-24-21-18-15-12-9-6-3)55-60(65)62-58(56-63)59(64)53-50-47-44-41-38-35-32-26-23-20-17-14-11-8-5-2/h7,9-10,12,16,18-19,21,25,27-28,30-31,34,36,39,45,48,57-59,63-64H,4-6,8,11,13-15,17,20,22-24,26,29,32-33,35,37-38,40-44,46-47,49-56H2,1-3H3,(H,62,65)/b10-7-,12-9+,19-16-,21-18+,28-25-,31-30-,34-27+,39-36-,48-45-. The van der Waals surface area contributed by atoms with Crippen LogP contribution in [0.5, 0.6) is 0 Å². The van der Waals surface area contributed by atoms with Gasteiger partial charge in [0, 0.05) is 6.42 Å². The molecule has 0 bridgehead atoms. The molecule has 6 heteroatoms. The quantitative estimate of drug-likeness (QED) is 0.0321. The highest BCUT2D eigenvalue weighted by Crippen LogP contribution is 2.17. The van der Waals surface area contributed by atoms with Crippen molar-refractivity contribution in [3.8, 4) is 0 Å². The van der Waals surface area contributed by atoms with Gasteiger partial charge in [0.1, 0.15) is 6.10 Å². The van der Waals surface area contributed by atoms with Gasteiger partial charge in [-0.05, 0) is 96.3 Å². The second-order valence-corrected chi connectivity index (χ2v) is 18.2. The fourth-order valence-electron chi connectivity index (χ4n) is 7.76. The van der Waals surface area contributed by atoms with Gasteiger partial charge in [0.15, 0.2) is 0 Å². The van der Waals surface area contributed by atoms with E-state index in [0.717, 1.165) is 109 Å². The van der Waals surface area contributed by atoms with E-state index in [4.69, 9.17) is 4.74 Å². The molecule has 0 aliphatic heterocycles. The van der Waals surface area contributed by atoms with Crippen LogP contribution < -0.4 is 5.32 Å². The fourth-order valence-corrected chi connectivity index (χ4v) is 7.76. The third-order valence-corrected chi connectivity index (χ3v) is 11.9. The van der Waals surface area contributed by atoms with Crippen LogP contribution in [0.25, 0.3) is 0 Å². The normalized spacial score (nSPS) is 14.0. The molecule has 0 aliphatic carbocycles. The molecule has 0 heterocycles. The van der Waals surface area contributed by atoms with Gasteiger partial charge in [-0.2, -0.15) is 0 Å². The van der Waals surface area contributed by atoms with Crippen LogP contribution in [0.4, 0.5) is 0 Å². The number of allylic oxidation sites excluding steroid dienone is 18. The molecule has 1 amide bonds. The molecule has 0 fully saturated rings. The number of nitrogens with one attached hydrogen (secondary N) is 1. The average molecular weight is 930 g/mol. The molecule has 0 radical (unpaired) electrons. The van der Waals surface area contributed by atoms with E-state index in [9.17, 15) is 19.8 Å². The summed E-state index contributed by atoms with van der Waals surface area (Å²) in [4.78, 5) is 26.2. The SMILES string of the molecule is CC/C=C\C/C=C\C/C=C\C/C=C\C/C=C\C/C=C\CCC(=O)OC(CCCCCC/C=C/C/C=C/C/C=C/CC)CC(=O)NC(CO)C(O)CCCCCCCCCCCCCCCCC. The van der Waals surface area contributed by atoms with Crippen molar-refractivity contribution in [2.75, 3.05) is 6.61 Å². The number of rotatable bonds is 48. The lowest BCUT2D eigenvalue weighted by molar-refractivity contribution is -0.150.